The fourth-order valence-corrected chi connectivity index (χ4v) is 4.12. The molecule has 0 heterocycles. The van der Waals surface area contributed by atoms with Crippen molar-refractivity contribution in [3.63, 3.8) is 0 Å². The van der Waals surface area contributed by atoms with Crippen molar-refractivity contribution in [3.05, 3.63) is 70.3 Å². The van der Waals surface area contributed by atoms with Crippen molar-refractivity contribution >= 4 is 11.8 Å². The second-order valence-electron chi connectivity index (χ2n) is 7.23. The third-order valence-electron chi connectivity index (χ3n) is 5.47. The minimum absolute atomic E-state index is 0.00852. The normalized spacial score (nSPS) is 17.9. The summed E-state index contributed by atoms with van der Waals surface area (Å²) in [5.41, 5.74) is 5.76. The van der Waals surface area contributed by atoms with E-state index in [1.165, 1.54) is 22.3 Å². The van der Waals surface area contributed by atoms with Gasteiger partial charge in [0.1, 0.15) is 0 Å². The number of aryl methyl sites for hydroxylation is 3. The largest absolute Gasteiger partial charge is 0.348 e. The molecule has 26 heavy (non-hydrogen) atoms. The summed E-state index contributed by atoms with van der Waals surface area (Å²) >= 11 is 0. The van der Waals surface area contributed by atoms with Gasteiger partial charge in [0.25, 0.3) is 5.91 Å². The number of rotatable bonds is 4. The molecule has 0 unspecified atom stereocenters. The summed E-state index contributed by atoms with van der Waals surface area (Å²) in [4.78, 5) is 24.7. The SMILES string of the molecule is O=C(CNC(=O)c1ccc2c(c1)CCC2)N[C@H]1CCCc2ccccc21. The van der Waals surface area contributed by atoms with Crippen LogP contribution in [0.4, 0.5) is 0 Å². The van der Waals surface area contributed by atoms with Crippen LogP contribution in [0.25, 0.3) is 0 Å². The number of nitrogens with one attached hydrogen (secondary N) is 2. The van der Waals surface area contributed by atoms with Crippen LogP contribution in [-0.2, 0) is 24.1 Å². The highest BCUT2D eigenvalue weighted by molar-refractivity contribution is 5.96. The van der Waals surface area contributed by atoms with Crippen molar-refractivity contribution in [2.75, 3.05) is 6.54 Å². The van der Waals surface area contributed by atoms with Crippen LogP contribution in [0.3, 0.4) is 0 Å². The summed E-state index contributed by atoms with van der Waals surface area (Å²) < 4.78 is 0. The lowest BCUT2D eigenvalue weighted by molar-refractivity contribution is -0.121. The maximum atomic E-state index is 12.3. The Balaban J connectivity index is 1.34. The van der Waals surface area contributed by atoms with Crippen molar-refractivity contribution in [1.29, 1.82) is 0 Å². The van der Waals surface area contributed by atoms with Gasteiger partial charge in [-0.3, -0.25) is 9.59 Å². The number of carbonyl (C=O) groups excluding carboxylic acids is 2. The van der Waals surface area contributed by atoms with E-state index in [0.717, 1.165) is 38.5 Å². The van der Waals surface area contributed by atoms with Crippen LogP contribution in [0, 0.1) is 0 Å². The molecule has 134 valence electrons. The van der Waals surface area contributed by atoms with Crippen molar-refractivity contribution in [1.82, 2.24) is 10.6 Å². The first-order valence-electron chi connectivity index (χ1n) is 9.48. The third kappa shape index (κ3) is 3.50. The van der Waals surface area contributed by atoms with Gasteiger partial charge >= 0.3 is 0 Å². The van der Waals surface area contributed by atoms with Crippen LogP contribution in [-0.4, -0.2) is 18.4 Å². The van der Waals surface area contributed by atoms with Crippen LogP contribution in [0.5, 0.6) is 0 Å². The highest BCUT2D eigenvalue weighted by Crippen LogP contribution is 2.29. The monoisotopic (exact) mass is 348 g/mol. The van der Waals surface area contributed by atoms with E-state index in [9.17, 15) is 9.59 Å². The molecule has 4 rings (SSSR count). The Morgan fingerprint density at radius 3 is 2.65 bits per heavy atom. The Morgan fingerprint density at radius 2 is 1.73 bits per heavy atom. The van der Waals surface area contributed by atoms with Crippen molar-refractivity contribution in [2.24, 2.45) is 0 Å². The minimum atomic E-state index is -0.182. The zero-order valence-electron chi connectivity index (χ0n) is 14.9. The van der Waals surface area contributed by atoms with E-state index in [0.29, 0.717) is 5.56 Å². The molecule has 2 N–H and O–H groups in total. The van der Waals surface area contributed by atoms with Gasteiger partial charge in [-0.2, -0.15) is 0 Å². The molecule has 2 aliphatic carbocycles. The molecule has 1 atom stereocenters. The van der Waals surface area contributed by atoms with Gasteiger partial charge in [-0.05, 0) is 72.9 Å². The lowest BCUT2D eigenvalue weighted by Gasteiger charge is -2.26. The summed E-state index contributed by atoms with van der Waals surface area (Å²) in [6.45, 7) is 0.00852. The number of hydrogen-bond acceptors (Lipinski definition) is 2. The molecule has 0 aromatic heterocycles. The van der Waals surface area contributed by atoms with Crippen LogP contribution in [0.2, 0.25) is 0 Å². The second-order valence-corrected chi connectivity index (χ2v) is 7.23. The number of benzene rings is 2. The van der Waals surface area contributed by atoms with Gasteiger partial charge in [-0.25, -0.2) is 0 Å². The molecule has 4 nitrogen and oxygen atoms in total. The molecule has 0 bridgehead atoms. The molecule has 0 spiro atoms. The topological polar surface area (TPSA) is 58.2 Å². The second kappa shape index (κ2) is 7.32. The van der Waals surface area contributed by atoms with Crippen molar-refractivity contribution in [3.8, 4) is 0 Å². The summed E-state index contributed by atoms with van der Waals surface area (Å²) in [6.07, 6.45) is 6.38. The number of fused-ring (bicyclic) bond motifs is 2. The first-order chi connectivity index (χ1) is 12.7. The summed E-state index contributed by atoms with van der Waals surface area (Å²) in [6, 6.07) is 14.2. The van der Waals surface area contributed by atoms with E-state index in [1.807, 2.05) is 30.3 Å². The standard InChI is InChI=1S/C22H24N2O2/c25-21(24-20-10-4-7-16-5-1-2-9-19(16)20)14-23-22(26)18-12-11-15-6-3-8-17(15)13-18/h1-2,5,9,11-13,20H,3-4,6-8,10,14H2,(H,23,26)(H,24,25)/t20-/m0/s1. The van der Waals surface area contributed by atoms with Gasteiger partial charge in [-0.1, -0.05) is 30.3 Å². The molecule has 4 heteroatoms. The predicted molar refractivity (Wildman–Crippen MR) is 101 cm³/mol. The van der Waals surface area contributed by atoms with Crippen LogP contribution in [0.1, 0.15) is 57.9 Å². The fourth-order valence-electron chi connectivity index (χ4n) is 4.12. The highest BCUT2D eigenvalue weighted by atomic mass is 16.2. The lowest BCUT2D eigenvalue weighted by Crippen LogP contribution is -2.39. The highest BCUT2D eigenvalue weighted by Gasteiger charge is 2.21. The molecule has 0 saturated carbocycles. The van der Waals surface area contributed by atoms with E-state index in [2.05, 4.69) is 22.8 Å². The molecule has 2 aliphatic rings. The number of hydrogen-bond donors (Lipinski definition) is 2. The Morgan fingerprint density at radius 1 is 0.923 bits per heavy atom. The zero-order valence-corrected chi connectivity index (χ0v) is 14.9. The number of amides is 2. The van der Waals surface area contributed by atoms with E-state index < -0.39 is 0 Å². The van der Waals surface area contributed by atoms with Gasteiger partial charge in [0.05, 0.1) is 12.6 Å². The average Bonchev–Trinajstić information content (AvgIpc) is 3.14. The summed E-state index contributed by atoms with van der Waals surface area (Å²) in [5.74, 6) is -0.319. The molecule has 0 fully saturated rings. The van der Waals surface area contributed by atoms with Gasteiger partial charge in [0.15, 0.2) is 0 Å². The first-order valence-corrected chi connectivity index (χ1v) is 9.48. The van der Waals surface area contributed by atoms with Gasteiger partial charge in [0, 0.05) is 5.56 Å². The van der Waals surface area contributed by atoms with Gasteiger partial charge in [0.2, 0.25) is 5.91 Å². The van der Waals surface area contributed by atoms with E-state index in [4.69, 9.17) is 0 Å². The zero-order chi connectivity index (χ0) is 17.9. The van der Waals surface area contributed by atoms with Crippen LogP contribution < -0.4 is 10.6 Å². The predicted octanol–water partition coefficient (Wildman–Crippen LogP) is 3.10. The molecule has 2 aromatic rings. The average molecular weight is 348 g/mol. The summed E-state index contributed by atoms with van der Waals surface area (Å²) in [7, 11) is 0. The van der Waals surface area contributed by atoms with E-state index in [-0.39, 0.29) is 24.4 Å². The smallest absolute Gasteiger partial charge is 0.251 e. The van der Waals surface area contributed by atoms with E-state index >= 15 is 0 Å². The van der Waals surface area contributed by atoms with E-state index in [1.54, 1.807) is 0 Å². The molecule has 2 amide bonds. The van der Waals surface area contributed by atoms with Crippen LogP contribution >= 0.6 is 0 Å². The minimum Gasteiger partial charge on any atom is -0.348 e. The molecular formula is C22H24N2O2. The quantitative estimate of drug-likeness (QED) is 0.892. The Bertz CT molecular complexity index is 844. The van der Waals surface area contributed by atoms with Crippen LogP contribution in [0.15, 0.2) is 42.5 Å². The number of carbonyl (C=O) groups is 2. The van der Waals surface area contributed by atoms with Gasteiger partial charge in [-0.15, -0.1) is 0 Å². The molecule has 0 saturated heterocycles. The molecule has 0 aliphatic heterocycles. The van der Waals surface area contributed by atoms with Crippen molar-refractivity contribution < 1.29 is 9.59 Å². The lowest BCUT2D eigenvalue weighted by atomic mass is 9.88. The molecular weight excluding hydrogens is 324 g/mol. The Kier molecular flexibility index (Phi) is 4.74. The maximum absolute atomic E-state index is 12.3. The van der Waals surface area contributed by atoms with Crippen molar-refractivity contribution in [2.45, 2.75) is 44.6 Å². The summed E-state index contributed by atoms with van der Waals surface area (Å²) in [5, 5.41) is 5.82. The molecule has 2 aromatic carbocycles. The molecule has 0 radical (unpaired) electrons. The Labute approximate surface area is 154 Å². The van der Waals surface area contributed by atoms with Gasteiger partial charge < -0.3 is 10.6 Å². The first kappa shape index (κ1) is 16.8. The Hall–Kier alpha value is -2.62. The third-order valence-corrected chi connectivity index (χ3v) is 5.47. The fraction of sp³-hybridized carbons (Fsp3) is 0.364. The maximum Gasteiger partial charge on any atom is 0.251 e.